The first kappa shape index (κ1) is 28.0. The van der Waals surface area contributed by atoms with Gasteiger partial charge in [0.1, 0.15) is 0 Å². The Morgan fingerprint density at radius 1 is 0.561 bits per heavy atom. The van der Waals surface area contributed by atoms with E-state index in [1.165, 1.54) is 5.56 Å². The van der Waals surface area contributed by atoms with Crippen LogP contribution in [0.4, 0.5) is 17.6 Å². The fourth-order valence-electron chi connectivity index (χ4n) is 4.18. The predicted octanol–water partition coefficient (Wildman–Crippen LogP) is 5.58. The molecule has 0 atom stereocenters. The van der Waals surface area contributed by atoms with E-state index in [0.717, 1.165) is 34.1 Å². The van der Waals surface area contributed by atoms with Gasteiger partial charge in [-0.15, -0.1) is 0 Å². The van der Waals surface area contributed by atoms with Gasteiger partial charge in [0.05, 0.1) is 0 Å². The number of hydrogen-bond donors (Lipinski definition) is 3. The molecular weight excluding hydrogens is 534 g/mol. The van der Waals surface area contributed by atoms with Gasteiger partial charge >= 0.3 is 0 Å². The van der Waals surface area contributed by atoms with Crippen LogP contribution < -0.4 is 16.0 Å². The molecule has 0 fully saturated rings. The Kier molecular flexibility index (Phi) is 8.11. The number of aromatic nitrogens is 4. The van der Waals surface area contributed by atoms with E-state index in [4.69, 9.17) is 0 Å². The quantitative estimate of drug-likeness (QED) is 0.198. The third-order valence-electron chi connectivity index (χ3n) is 6.58. The van der Waals surface area contributed by atoms with Gasteiger partial charge in [0, 0.05) is 25.9 Å². The molecule has 3 N–H and O–H groups in total. The molecule has 0 saturated carbocycles. The fraction of sp³-hybridized carbons (Fsp3) is 0.226. The topological polar surface area (TPSA) is 122 Å². The number of aryl methyl sites for hydroxylation is 3. The van der Waals surface area contributed by atoms with Gasteiger partial charge < -0.3 is 16.0 Å². The van der Waals surface area contributed by atoms with Crippen molar-refractivity contribution in [2.75, 3.05) is 22.2 Å². The van der Waals surface area contributed by atoms with Crippen molar-refractivity contribution in [3.63, 3.8) is 0 Å². The van der Waals surface area contributed by atoms with E-state index in [9.17, 15) is 8.42 Å². The molecule has 9 nitrogen and oxygen atoms in total. The zero-order valence-corrected chi connectivity index (χ0v) is 24.4. The number of fused-ring (bicyclic) bond motifs is 1. The Morgan fingerprint density at radius 2 is 1.00 bits per heavy atom. The van der Waals surface area contributed by atoms with E-state index in [1.807, 2.05) is 81.4 Å². The van der Waals surface area contributed by atoms with E-state index >= 15 is 0 Å². The second-order valence-corrected chi connectivity index (χ2v) is 12.2. The summed E-state index contributed by atoms with van der Waals surface area (Å²) in [5, 5.41) is 9.60. The van der Waals surface area contributed by atoms with E-state index < -0.39 is 9.84 Å². The van der Waals surface area contributed by atoms with Crippen LogP contribution in [0.15, 0.2) is 77.8 Å². The fourth-order valence-corrected chi connectivity index (χ4v) is 4.90. The van der Waals surface area contributed by atoms with E-state index in [2.05, 4.69) is 48.0 Å². The van der Waals surface area contributed by atoms with Gasteiger partial charge in [-0.1, -0.05) is 89.5 Å². The number of sulfone groups is 1. The van der Waals surface area contributed by atoms with Gasteiger partial charge in [-0.2, -0.15) is 9.97 Å². The summed E-state index contributed by atoms with van der Waals surface area (Å²) in [4.78, 5) is 18.5. The molecule has 0 aliphatic heterocycles. The number of benzene rings is 3. The molecule has 0 aliphatic carbocycles. The number of rotatable bonds is 10. The number of anilines is 3. The molecule has 5 aromatic rings. The van der Waals surface area contributed by atoms with E-state index in [1.54, 1.807) is 0 Å². The molecule has 0 radical (unpaired) electrons. The predicted molar refractivity (Wildman–Crippen MR) is 164 cm³/mol. The van der Waals surface area contributed by atoms with Gasteiger partial charge in [-0.3, -0.25) is 0 Å². The van der Waals surface area contributed by atoms with Gasteiger partial charge in [0.2, 0.25) is 5.95 Å². The summed E-state index contributed by atoms with van der Waals surface area (Å²) in [6, 6.07) is 24.3. The van der Waals surface area contributed by atoms with Crippen molar-refractivity contribution in [1.82, 2.24) is 19.9 Å². The summed E-state index contributed by atoms with van der Waals surface area (Å²) in [6.07, 6.45) is 1.12. The van der Waals surface area contributed by atoms with Crippen LogP contribution >= 0.6 is 0 Å². The monoisotopic (exact) mass is 567 g/mol. The van der Waals surface area contributed by atoms with Gasteiger partial charge in [0.15, 0.2) is 37.7 Å². The minimum atomic E-state index is -3.72. The molecular formula is C31H33N7O2S. The van der Waals surface area contributed by atoms with Crippen molar-refractivity contribution < 1.29 is 8.42 Å². The third-order valence-corrected chi connectivity index (χ3v) is 7.57. The van der Waals surface area contributed by atoms with Crippen LogP contribution in [0, 0.1) is 20.8 Å². The third kappa shape index (κ3) is 7.15. The van der Waals surface area contributed by atoms with Crippen LogP contribution in [0.25, 0.3) is 11.2 Å². The minimum Gasteiger partial charge on any atom is -0.364 e. The second-order valence-electron chi connectivity index (χ2n) is 10.2. The molecule has 10 heteroatoms. The lowest BCUT2D eigenvalue weighted by Gasteiger charge is -2.15. The maximum Gasteiger partial charge on any atom is 0.227 e. The van der Waals surface area contributed by atoms with Crippen LogP contribution in [-0.2, 0) is 29.5 Å². The zero-order valence-electron chi connectivity index (χ0n) is 23.6. The molecule has 0 amide bonds. The van der Waals surface area contributed by atoms with Crippen molar-refractivity contribution in [2.45, 2.75) is 45.4 Å². The Bertz CT molecular complexity index is 1770. The summed E-state index contributed by atoms with van der Waals surface area (Å²) in [5.41, 5.74) is 7.15. The van der Waals surface area contributed by atoms with Crippen LogP contribution in [0.3, 0.4) is 0 Å². The van der Waals surface area contributed by atoms with Crippen molar-refractivity contribution >= 4 is 38.6 Å². The Labute approximate surface area is 240 Å². The summed E-state index contributed by atoms with van der Waals surface area (Å²) in [6.45, 7) is 7.45. The average Bonchev–Trinajstić information content (AvgIpc) is 2.95. The molecule has 0 bridgehead atoms. The molecule has 5 rings (SSSR count). The van der Waals surface area contributed by atoms with Crippen molar-refractivity contribution in [3.8, 4) is 0 Å². The molecule has 0 unspecified atom stereocenters. The maximum atomic E-state index is 12.8. The van der Waals surface area contributed by atoms with Crippen LogP contribution in [0.2, 0.25) is 0 Å². The lowest BCUT2D eigenvalue weighted by molar-refractivity contribution is 0.598. The summed E-state index contributed by atoms with van der Waals surface area (Å²) < 4.78 is 25.6. The van der Waals surface area contributed by atoms with Gasteiger partial charge in [0.25, 0.3) is 0 Å². The second kappa shape index (κ2) is 11.9. The Morgan fingerprint density at radius 3 is 1.46 bits per heavy atom. The van der Waals surface area contributed by atoms with Gasteiger partial charge in [-0.25, -0.2) is 18.4 Å². The highest BCUT2D eigenvalue weighted by molar-refractivity contribution is 7.90. The molecule has 2 aromatic heterocycles. The standard InChI is InChI=1S/C31H33N7O2S/c1-20-5-11-23(12-6-20)17-32-27-26-28(38-31(37-27)34-19-25-15-9-22(3)10-16-25)36-29(30(35-26)41(4,39)40)33-18-24-13-7-21(2)8-14-24/h5-16H,17-19H2,1-4H3,(H3,32,33,34,36,37,38). The summed E-state index contributed by atoms with van der Waals surface area (Å²) >= 11 is 0. The lowest BCUT2D eigenvalue weighted by Crippen LogP contribution is -2.14. The molecule has 0 saturated heterocycles. The number of nitrogens with zero attached hydrogens (tertiary/aromatic N) is 4. The zero-order chi connectivity index (χ0) is 29.0. The molecule has 2 heterocycles. The lowest BCUT2D eigenvalue weighted by atomic mass is 10.1. The molecule has 0 spiro atoms. The summed E-state index contributed by atoms with van der Waals surface area (Å²) in [5.74, 6) is 0.896. The highest BCUT2D eigenvalue weighted by Gasteiger charge is 2.22. The minimum absolute atomic E-state index is 0.147. The average molecular weight is 568 g/mol. The number of nitrogens with one attached hydrogen (secondary N) is 3. The van der Waals surface area contributed by atoms with Crippen molar-refractivity contribution in [3.05, 3.63) is 106 Å². The normalized spacial score (nSPS) is 11.4. The first-order valence-corrected chi connectivity index (χ1v) is 15.2. The van der Waals surface area contributed by atoms with Crippen LogP contribution in [0.1, 0.15) is 33.4 Å². The summed E-state index contributed by atoms with van der Waals surface area (Å²) in [7, 11) is -3.72. The molecule has 0 aliphatic rings. The Hall–Kier alpha value is -4.57. The van der Waals surface area contributed by atoms with E-state index in [-0.39, 0.29) is 22.0 Å². The number of hydrogen-bond acceptors (Lipinski definition) is 9. The molecule has 41 heavy (non-hydrogen) atoms. The maximum absolute atomic E-state index is 12.8. The van der Waals surface area contributed by atoms with Crippen LogP contribution in [0.5, 0.6) is 0 Å². The first-order chi connectivity index (χ1) is 19.6. The molecule has 3 aromatic carbocycles. The van der Waals surface area contributed by atoms with Crippen LogP contribution in [-0.4, -0.2) is 34.6 Å². The van der Waals surface area contributed by atoms with Gasteiger partial charge in [-0.05, 0) is 37.5 Å². The van der Waals surface area contributed by atoms with Crippen molar-refractivity contribution in [1.29, 1.82) is 0 Å². The highest BCUT2D eigenvalue weighted by Crippen LogP contribution is 2.26. The molecule has 210 valence electrons. The Balaban J connectivity index is 1.52. The first-order valence-electron chi connectivity index (χ1n) is 13.3. The smallest absolute Gasteiger partial charge is 0.227 e. The van der Waals surface area contributed by atoms with Crippen molar-refractivity contribution in [2.24, 2.45) is 0 Å². The highest BCUT2D eigenvalue weighted by atomic mass is 32.2. The largest absolute Gasteiger partial charge is 0.364 e. The van der Waals surface area contributed by atoms with E-state index in [0.29, 0.717) is 31.4 Å². The SMILES string of the molecule is Cc1ccc(CNc2nc(NCc3ccc(C)cc3)c3nc(S(C)(=O)=O)c(NCc4ccc(C)cc4)nc3n2)cc1.